The number of anilines is 1. The van der Waals surface area contributed by atoms with Crippen LogP contribution in [0.1, 0.15) is 33.6 Å². The van der Waals surface area contributed by atoms with E-state index in [4.69, 9.17) is 0 Å². The number of halogens is 1. The molecule has 114 valence electrons. The molecule has 0 aromatic heterocycles. The number of benzene rings is 1. The van der Waals surface area contributed by atoms with Crippen molar-refractivity contribution < 1.29 is 14.0 Å². The van der Waals surface area contributed by atoms with E-state index in [1.807, 2.05) is 20.8 Å². The van der Waals surface area contributed by atoms with Gasteiger partial charge in [0.25, 0.3) is 0 Å². The monoisotopic (exact) mass is 292 g/mol. The highest BCUT2D eigenvalue weighted by Crippen LogP contribution is 2.23. The third-order valence-electron chi connectivity index (χ3n) is 3.37. The third-order valence-corrected chi connectivity index (χ3v) is 3.37. The van der Waals surface area contributed by atoms with Crippen LogP contribution in [0.3, 0.4) is 0 Å². The maximum Gasteiger partial charge on any atom is 0.249 e. The Morgan fingerprint density at radius 3 is 2.52 bits per heavy atom. The van der Waals surface area contributed by atoms with E-state index in [9.17, 15) is 14.0 Å². The number of hydrogen-bond acceptors (Lipinski definition) is 2. The van der Waals surface area contributed by atoms with Gasteiger partial charge in [-0.3, -0.25) is 9.59 Å². The quantitative estimate of drug-likeness (QED) is 0.930. The molecule has 0 unspecified atom stereocenters. The van der Waals surface area contributed by atoms with Crippen molar-refractivity contribution in [3.8, 4) is 0 Å². The first kappa shape index (κ1) is 15.5. The molecule has 1 aromatic rings. The van der Waals surface area contributed by atoms with Gasteiger partial charge < -0.3 is 10.2 Å². The molecule has 21 heavy (non-hydrogen) atoms. The second-order valence-electron chi connectivity index (χ2n) is 6.61. The van der Waals surface area contributed by atoms with Crippen LogP contribution in [0.15, 0.2) is 24.3 Å². The van der Waals surface area contributed by atoms with Crippen LogP contribution in [0.2, 0.25) is 0 Å². The Kier molecular flexibility index (Phi) is 4.30. The largest absolute Gasteiger partial charge is 0.344 e. The molecular formula is C16H21FN2O2. The zero-order valence-corrected chi connectivity index (χ0v) is 12.6. The van der Waals surface area contributed by atoms with Crippen molar-refractivity contribution in [2.45, 2.75) is 39.7 Å². The maximum absolute atomic E-state index is 12.9. The van der Waals surface area contributed by atoms with Crippen LogP contribution < -0.4 is 10.2 Å². The Balaban J connectivity index is 1.98. The van der Waals surface area contributed by atoms with Gasteiger partial charge in [0.05, 0.1) is 0 Å². The van der Waals surface area contributed by atoms with Gasteiger partial charge in [0.2, 0.25) is 11.8 Å². The molecule has 2 amide bonds. The maximum atomic E-state index is 12.9. The van der Waals surface area contributed by atoms with Crippen LogP contribution in [0.5, 0.6) is 0 Å². The van der Waals surface area contributed by atoms with Gasteiger partial charge in [-0.15, -0.1) is 0 Å². The normalized spacial score (nSPS) is 19.0. The smallest absolute Gasteiger partial charge is 0.249 e. The average Bonchev–Trinajstić information content (AvgIpc) is 2.70. The van der Waals surface area contributed by atoms with Crippen molar-refractivity contribution in [1.29, 1.82) is 0 Å². The van der Waals surface area contributed by atoms with Crippen LogP contribution in [0.25, 0.3) is 0 Å². The highest BCUT2D eigenvalue weighted by molar-refractivity contribution is 6.01. The summed E-state index contributed by atoms with van der Waals surface area (Å²) in [5.41, 5.74) is 0.552. The Morgan fingerprint density at radius 1 is 1.33 bits per heavy atom. The lowest BCUT2D eigenvalue weighted by molar-refractivity contribution is -0.127. The number of hydrogen-bond donors (Lipinski definition) is 1. The van der Waals surface area contributed by atoms with Crippen LogP contribution in [-0.2, 0) is 9.59 Å². The molecule has 1 atom stereocenters. The molecule has 1 aliphatic rings. The first-order valence-electron chi connectivity index (χ1n) is 7.12. The van der Waals surface area contributed by atoms with Gasteiger partial charge in [0.1, 0.15) is 11.9 Å². The molecule has 2 rings (SSSR count). The summed E-state index contributed by atoms with van der Waals surface area (Å²) in [6, 6.07) is 5.33. The molecule has 1 fully saturated rings. The Morgan fingerprint density at radius 2 is 1.95 bits per heavy atom. The van der Waals surface area contributed by atoms with Crippen molar-refractivity contribution in [3.63, 3.8) is 0 Å². The second-order valence-corrected chi connectivity index (χ2v) is 6.61. The zero-order chi connectivity index (χ0) is 15.6. The van der Waals surface area contributed by atoms with Crippen molar-refractivity contribution in [2.75, 3.05) is 11.4 Å². The van der Waals surface area contributed by atoms with E-state index in [-0.39, 0.29) is 23.0 Å². The molecular weight excluding hydrogens is 271 g/mol. The Labute approximate surface area is 124 Å². The van der Waals surface area contributed by atoms with E-state index in [0.717, 1.165) is 0 Å². The lowest BCUT2D eigenvalue weighted by atomic mass is 9.92. The fourth-order valence-corrected chi connectivity index (χ4v) is 2.42. The van der Waals surface area contributed by atoms with Gasteiger partial charge in [-0.05, 0) is 36.1 Å². The summed E-state index contributed by atoms with van der Waals surface area (Å²) in [6.07, 6.45) is 0.958. The molecule has 1 N–H and O–H groups in total. The van der Waals surface area contributed by atoms with Gasteiger partial charge in [-0.2, -0.15) is 0 Å². The van der Waals surface area contributed by atoms with Crippen molar-refractivity contribution in [3.05, 3.63) is 30.1 Å². The number of carbonyl (C=O) groups is 2. The van der Waals surface area contributed by atoms with E-state index >= 15 is 0 Å². The number of amides is 2. The summed E-state index contributed by atoms with van der Waals surface area (Å²) in [6.45, 7) is 6.47. The molecule has 0 bridgehead atoms. The molecule has 0 saturated carbocycles. The predicted octanol–water partition coefficient (Wildman–Crippen LogP) is 2.48. The van der Waals surface area contributed by atoms with E-state index in [2.05, 4.69) is 5.32 Å². The Bertz CT molecular complexity index is 534. The van der Waals surface area contributed by atoms with Crippen LogP contribution in [0.4, 0.5) is 10.1 Å². The second kappa shape index (κ2) is 5.84. The SMILES string of the molecule is CC(C)(C)CC(=O)N[C@@H]1CCN(c2ccc(F)cc2)C1=O. The summed E-state index contributed by atoms with van der Waals surface area (Å²) in [7, 11) is 0. The molecule has 0 aliphatic carbocycles. The summed E-state index contributed by atoms with van der Waals surface area (Å²) in [5, 5.41) is 2.79. The van der Waals surface area contributed by atoms with Crippen LogP contribution in [0, 0.1) is 11.2 Å². The molecule has 1 aromatic carbocycles. The number of nitrogens with one attached hydrogen (secondary N) is 1. The van der Waals surface area contributed by atoms with Crippen LogP contribution in [-0.4, -0.2) is 24.4 Å². The van der Waals surface area contributed by atoms with E-state index in [1.54, 1.807) is 17.0 Å². The lowest BCUT2D eigenvalue weighted by Gasteiger charge is -2.20. The average molecular weight is 292 g/mol. The molecule has 5 heteroatoms. The zero-order valence-electron chi connectivity index (χ0n) is 12.6. The van der Waals surface area contributed by atoms with Gasteiger partial charge in [0.15, 0.2) is 0 Å². The van der Waals surface area contributed by atoms with E-state index < -0.39 is 6.04 Å². The minimum Gasteiger partial charge on any atom is -0.344 e. The fourth-order valence-electron chi connectivity index (χ4n) is 2.42. The standard InChI is InChI=1S/C16H21FN2O2/c1-16(2,3)10-14(20)18-13-8-9-19(15(13)21)12-6-4-11(17)5-7-12/h4-7,13H,8-10H2,1-3H3,(H,18,20)/t13-/m1/s1. The van der Waals surface area contributed by atoms with E-state index in [0.29, 0.717) is 25.1 Å². The minimum atomic E-state index is -0.482. The van der Waals surface area contributed by atoms with Crippen molar-refractivity contribution in [1.82, 2.24) is 5.32 Å². The summed E-state index contributed by atoms with van der Waals surface area (Å²) >= 11 is 0. The molecule has 1 heterocycles. The minimum absolute atomic E-state index is 0.109. The highest BCUT2D eigenvalue weighted by atomic mass is 19.1. The lowest BCUT2D eigenvalue weighted by Crippen LogP contribution is -2.42. The van der Waals surface area contributed by atoms with E-state index in [1.165, 1.54) is 12.1 Å². The molecule has 1 saturated heterocycles. The van der Waals surface area contributed by atoms with Gasteiger partial charge >= 0.3 is 0 Å². The van der Waals surface area contributed by atoms with Gasteiger partial charge in [0, 0.05) is 18.7 Å². The molecule has 1 aliphatic heterocycles. The van der Waals surface area contributed by atoms with Gasteiger partial charge in [-0.1, -0.05) is 20.8 Å². The van der Waals surface area contributed by atoms with Crippen molar-refractivity contribution >= 4 is 17.5 Å². The number of nitrogens with zero attached hydrogens (tertiary/aromatic N) is 1. The predicted molar refractivity (Wildman–Crippen MR) is 79.4 cm³/mol. The Hall–Kier alpha value is -1.91. The summed E-state index contributed by atoms with van der Waals surface area (Å²) in [5.74, 6) is -0.578. The summed E-state index contributed by atoms with van der Waals surface area (Å²) in [4.78, 5) is 25.8. The molecule has 0 radical (unpaired) electrons. The number of rotatable bonds is 3. The van der Waals surface area contributed by atoms with Gasteiger partial charge in [-0.25, -0.2) is 4.39 Å². The first-order chi connectivity index (χ1) is 9.76. The van der Waals surface area contributed by atoms with Crippen molar-refractivity contribution in [2.24, 2.45) is 5.41 Å². The third kappa shape index (κ3) is 4.03. The first-order valence-corrected chi connectivity index (χ1v) is 7.12. The summed E-state index contributed by atoms with van der Waals surface area (Å²) < 4.78 is 12.9. The molecule has 4 nitrogen and oxygen atoms in total. The highest BCUT2D eigenvalue weighted by Gasteiger charge is 2.34. The molecule has 0 spiro atoms. The fraction of sp³-hybridized carbons (Fsp3) is 0.500. The van der Waals surface area contributed by atoms with Crippen LogP contribution >= 0.6 is 0 Å². The number of carbonyl (C=O) groups excluding carboxylic acids is 2. The topological polar surface area (TPSA) is 49.4 Å².